The van der Waals surface area contributed by atoms with Gasteiger partial charge in [-0.05, 0) is 44.7 Å². The van der Waals surface area contributed by atoms with Crippen LogP contribution in [0.5, 0.6) is 0 Å². The fourth-order valence-corrected chi connectivity index (χ4v) is 2.93. The third-order valence-electron chi connectivity index (χ3n) is 3.09. The maximum absolute atomic E-state index is 3.58. The standard InChI is InChI=1S/C12H24BrN/c1-11(2)10-12(6-7-13)14-8-4-3-5-9-14/h11-12H,3-10H2,1-2H3. The molecule has 1 saturated heterocycles. The normalized spacial score (nSPS) is 21.4. The van der Waals surface area contributed by atoms with Crippen LogP contribution in [0.3, 0.4) is 0 Å². The lowest BCUT2D eigenvalue weighted by Crippen LogP contribution is -2.40. The van der Waals surface area contributed by atoms with E-state index in [2.05, 4.69) is 34.7 Å². The van der Waals surface area contributed by atoms with E-state index < -0.39 is 0 Å². The first-order valence-corrected chi connectivity index (χ1v) is 7.16. The molecule has 2 heteroatoms. The highest BCUT2D eigenvalue weighted by Gasteiger charge is 2.20. The monoisotopic (exact) mass is 261 g/mol. The molecule has 0 aromatic heterocycles. The Morgan fingerprint density at radius 2 is 1.79 bits per heavy atom. The van der Waals surface area contributed by atoms with Gasteiger partial charge in [0, 0.05) is 11.4 Å². The van der Waals surface area contributed by atoms with Crippen molar-refractivity contribution in [2.24, 2.45) is 5.92 Å². The predicted molar refractivity (Wildman–Crippen MR) is 67.1 cm³/mol. The molecule has 0 radical (unpaired) electrons. The molecule has 0 aromatic rings. The Morgan fingerprint density at radius 1 is 1.14 bits per heavy atom. The van der Waals surface area contributed by atoms with Gasteiger partial charge in [0.1, 0.15) is 0 Å². The highest BCUT2D eigenvalue weighted by atomic mass is 79.9. The minimum absolute atomic E-state index is 0.828. The zero-order chi connectivity index (χ0) is 10.4. The summed E-state index contributed by atoms with van der Waals surface area (Å²) >= 11 is 3.58. The van der Waals surface area contributed by atoms with Crippen LogP contribution < -0.4 is 0 Å². The van der Waals surface area contributed by atoms with E-state index in [4.69, 9.17) is 0 Å². The summed E-state index contributed by atoms with van der Waals surface area (Å²) in [6, 6.07) is 0.828. The molecule has 0 spiro atoms. The van der Waals surface area contributed by atoms with Gasteiger partial charge in [-0.15, -0.1) is 0 Å². The van der Waals surface area contributed by atoms with E-state index in [-0.39, 0.29) is 0 Å². The van der Waals surface area contributed by atoms with Gasteiger partial charge in [-0.2, -0.15) is 0 Å². The molecule has 14 heavy (non-hydrogen) atoms. The lowest BCUT2D eigenvalue weighted by Gasteiger charge is -2.35. The summed E-state index contributed by atoms with van der Waals surface area (Å²) in [5.41, 5.74) is 0. The maximum Gasteiger partial charge on any atom is 0.0106 e. The number of halogens is 1. The molecule has 84 valence electrons. The molecule has 0 saturated carbocycles. The molecule has 1 nitrogen and oxygen atoms in total. The van der Waals surface area contributed by atoms with Crippen LogP contribution in [0.2, 0.25) is 0 Å². The smallest absolute Gasteiger partial charge is 0.0106 e. The van der Waals surface area contributed by atoms with E-state index in [1.807, 2.05) is 0 Å². The molecule has 0 amide bonds. The third kappa shape index (κ3) is 4.31. The molecule has 1 rings (SSSR count). The quantitative estimate of drug-likeness (QED) is 0.683. The predicted octanol–water partition coefficient (Wildman–Crippen LogP) is 3.67. The first kappa shape index (κ1) is 12.5. The second-order valence-corrected chi connectivity index (χ2v) is 5.65. The van der Waals surface area contributed by atoms with Gasteiger partial charge in [0.2, 0.25) is 0 Å². The van der Waals surface area contributed by atoms with Gasteiger partial charge in [0.15, 0.2) is 0 Å². The topological polar surface area (TPSA) is 3.24 Å². The first-order chi connectivity index (χ1) is 6.74. The number of nitrogens with zero attached hydrogens (tertiary/aromatic N) is 1. The molecular formula is C12H24BrN. The molecule has 1 atom stereocenters. The number of alkyl halides is 1. The van der Waals surface area contributed by atoms with E-state index in [9.17, 15) is 0 Å². The second kappa shape index (κ2) is 6.84. The van der Waals surface area contributed by atoms with Crippen molar-refractivity contribution in [3.05, 3.63) is 0 Å². The fraction of sp³-hybridized carbons (Fsp3) is 1.00. The van der Waals surface area contributed by atoms with E-state index in [0.717, 1.165) is 17.3 Å². The highest BCUT2D eigenvalue weighted by molar-refractivity contribution is 9.09. The number of hydrogen-bond acceptors (Lipinski definition) is 1. The highest BCUT2D eigenvalue weighted by Crippen LogP contribution is 2.20. The van der Waals surface area contributed by atoms with Gasteiger partial charge >= 0.3 is 0 Å². The van der Waals surface area contributed by atoms with Crippen molar-refractivity contribution in [3.8, 4) is 0 Å². The van der Waals surface area contributed by atoms with Crippen LogP contribution in [0.4, 0.5) is 0 Å². The lowest BCUT2D eigenvalue weighted by molar-refractivity contribution is 0.142. The number of likely N-dealkylation sites (tertiary alicyclic amines) is 1. The summed E-state index contributed by atoms with van der Waals surface area (Å²) in [4.78, 5) is 2.71. The molecule has 1 fully saturated rings. The van der Waals surface area contributed by atoms with Crippen molar-refractivity contribution in [3.63, 3.8) is 0 Å². The summed E-state index contributed by atoms with van der Waals surface area (Å²) < 4.78 is 0. The molecule has 1 unspecified atom stereocenters. The van der Waals surface area contributed by atoms with Gasteiger partial charge in [0.05, 0.1) is 0 Å². The summed E-state index contributed by atoms with van der Waals surface area (Å²) in [6.07, 6.45) is 6.96. The van der Waals surface area contributed by atoms with Gasteiger partial charge in [-0.25, -0.2) is 0 Å². The molecule has 1 aliphatic heterocycles. The van der Waals surface area contributed by atoms with Gasteiger partial charge in [-0.1, -0.05) is 36.2 Å². The Morgan fingerprint density at radius 3 is 2.29 bits per heavy atom. The molecule has 0 bridgehead atoms. The van der Waals surface area contributed by atoms with Crippen LogP contribution in [0.25, 0.3) is 0 Å². The number of hydrogen-bond donors (Lipinski definition) is 0. The minimum Gasteiger partial charge on any atom is -0.300 e. The fourth-order valence-electron chi connectivity index (χ4n) is 2.40. The molecule has 0 N–H and O–H groups in total. The zero-order valence-corrected chi connectivity index (χ0v) is 11.2. The van der Waals surface area contributed by atoms with Crippen molar-refractivity contribution in [2.75, 3.05) is 18.4 Å². The SMILES string of the molecule is CC(C)CC(CCBr)N1CCCCC1. The summed E-state index contributed by atoms with van der Waals surface area (Å²) in [6.45, 7) is 7.35. The first-order valence-electron chi connectivity index (χ1n) is 6.04. The van der Waals surface area contributed by atoms with E-state index >= 15 is 0 Å². The van der Waals surface area contributed by atoms with Crippen molar-refractivity contribution < 1.29 is 0 Å². The summed E-state index contributed by atoms with van der Waals surface area (Å²) in [5, 5.41) is 1.15. The molecular weight excluding hydrogens is 238 g/mol. The van der Waals surface area contributed by atoms with Crippen LogP contribution >= 0.6 is 15.9 Å². The van der Waals surface area contributed by atoms with Crippen LogP contribution in [-0.4, -0.2) is 29.4 Å². The Bertz CT molecular complexity index is 141. The van der Waals surface area contributed by atoms with Crippen molar-refractivity contribution >= 4 is 15.9 Å². The largest absolute Gasteiger partial charge is 0.300 e. The van der Waals surface area contributed by atoms with Crippen molar-refractivity contribution in [1.29, 1.82) is 0 Å². The Kier molecular flexibility index (Phi) is 6.11. The van der Waals surface area contributed by atoms with E-state index in [1.54, 1.807) is 0 Å². The summed E-state index contributed by atoms with van der Waals surface area (Å²) in [7, 11) is 0. The Balaban J connectivity index is 2.38. The Labute approximate surface area is 97.4 Å². The van der Waals surface area contributed by atoms with E-state index in [0.29, 0.717) is 0 Å². The van der Waals surface area contributed by atoms with Gasteiger partial charge in [-0.3, -0.25) is 0 Å². The third-order valence-corrected chi connectivity index (χ3v) is 3.55. The van der Waals surface area contributed by atoms with Crippen LogP contribution in [0.15, 0.2) is 0 Å². The molecule has 1 aliphatic rings. The van der Waals surface area contributed by atoms with Crippen molar-refractivity contribution in [1.82, 2.24) is 4.90 Å². The average molecular weight is 262 g/mol. The molecule has 0 aliphatic carbocycles. The van der Waals surface area contributed by atoms with Gasteiger partial charge < -0.3 is 4.90 Å². The van der Waals surface area contributed by atoms with Crippen LogP contribution in [0, 0.1) is 5.92 Å². The van der Waals surface area contributed by atoms with E-state index in [1.165, 1.54) is 45.2 Å². The Hall–Kier alpha value is 0.440. The molecule has 1 heterocycles. The zero-order valence-electron chi connectivity index (χ0n) is 9.64. The average Bonchev–Trinajstić information content (AvgIpc) is 2.18. The second-order valence-electron chi connectivity index (χ2n) is 4.86. The number of rotatable bonds is 5. The number of piperidine rings is 1. The minimum atomic E-state index is 0.828. The maximum atomic E-state index is 3.58. The summed E-state index contributed by atoms with van der Waals surface area (Å²) in [5.74, 6) is 0.834. The van der Waals surface area contributed by atoms with Crippen molar-refractivity contribution in [2.45, 2.75) is 52.0 Å². The molecule has 0 aromatic carbocycles. The van der Waals surface area contributed by atoms with Gasteiger partial charge in [0.25, 0.3) is 0 Å². The van der Waals surface area contributed by atoms with Crippen LogP contribution in [0.1, 0.15) is 46.0 Å². The lowest BCUT2D eigenvalue weighted by atomic mass is 9.98. The van der Waals surface area contributed by atoms with Crippen LogP contribution in [-0.2, 0) is 0 Å².